The molecule has 0 spiro atoms. The average Bonchev–Trinajstić information content (AvgIpc) is 2.98. The molecule has 6 heteroatoms. The molecule has 0 amide bonds. The predicted molar refractivity (Wildman–Crippen MR) is 73.6 cm³/mol. The molecule has 1 atom stereocenters. The molecule has 1 unspecified atom stereocenters. The number of nitrogens with zero attached hydrogens (tertiary/aromatic N) is 2. The van der Waals surface area contributed by atoms with E-state index < -0.39 is 5.82 Å². The van der Waals surface area contributed by atoms with E-state index in [1.165, 1.54) is 6.07 Å². The standard InChI is InChI=1S/C13H13Cl2FN2O/c14-3-1-13-17-11-5-9(15)10(16)6-12(11)18(13)8-2-4-19-7-8/h5-6,8H,1-4,7H2. The zero-order valence-corrected chi connectivity index (χ0v) is 11.7. The van der Waals surface area contributed by atoms with Crippen molar-refractivity contribution in [2.45, 2.75) is 18.9 Å². The van der Waals surface area contributed by atoms with Crippen molar-refractivity contribution in [1.29, 1.82) is 0 Å². The normalized spacial score (nSPS) is 19.4. The largest absolute Gasteiger partial charge is 0.379 e. The van der Waals surface area contributed by atoms with Gasteiger partial charge < -0.3 is 9.30 Å². The van der Waals surface area contributed by atoms with Gasteiger partial charge in [0.2, 0.25) is 0 Å². The van der Waals surface area contributed by atoms with Crippen molar-refractivity contribution in [2.75, 3.05) is 19.1 Å². The number of halogens is 3. The lowest BCUT2D eigenvalue weighted by Crippen LogP contribution is -2.12. The van der Waals surface area contributed by atoms with Gasteiger partial charge in [0.1, 0.15) is 11.6 Å². The summed E-state index contributed by atoms with van der Waals surface area (Å²) in [4.78, 5) is 4.52. The van der Waals surface area contributed by atoms with Crippen molar-refractivity contribution in [3.8, 4) is 0 Å². The second kappa shape index (κ2) is 5.27. The van der Waals surface area contributed by atoms with Crippen molar-refractivity contribution < 1.29 is 9.13 Å². The molecule has 19 heavy (non-hydrogen) atoms. The van der Waals surface area contributed by atoms with Crippen LogP contribution in [0, 0.1) is 5.82 Å². The molecule has 0 N–H and O–H groups in total. The highest BCUT2D eigenvalue weighted by Crippen LogP contribution is 2.30. The van der Waals surface area contributed by atoms with Crippen LogP contribution in [0.5, 0.6) is 0 Å². The number of hydrogen-bond acceptors (Lipinski definition) is 2. The van der Waals surface area contributed by atoms with Gasteiger partial charge >= 0.3 is 0 Å². The second-order valence-electron chi connectivity index (χ2n) is 4.61. The van der Waals surface area contributed by atoms with Gasteiger partial charge in [-0.15, -0.1) is 11.6 Å². The van der Waals surface area contributed by atoms with Crippen LogP contribution in [0.4, 0.5) is 4.39 Å². The molecule has 3 rings (SSSR count). The summed E-state index contributed by atoms with van der Waals surface area (Å²) in [5.74, 6) is 0.918. The minimum Gasteiger partial charge on any atom is -0.379 e. The molecule has 1 aliphatic rings. The van der Waals surface area contributed by atoms with Crippen LogP contribution in [0.1, 0.15) is 18.3 Å². The lowest BCUT2D eigenvalue weighted by molar-refractivity contribution is 0.186. The molecule has 0 bridgehead atoms. The van der Waals surface area contributed by atoms with Gasteiger partial charge in [-0.3, -0.25) is 0 Å². The van der Waals surface area contributed by atoms with Gasteiger partial charge in [-0.1, -0.05) is 11.6 Å². The van der Waals surface area contributed by atoms with Crippen LogP contribution in [0.25, 0.3) is 11.0 Å². The number of benzene rings is 1. The van der Waals surface area contributed by atoms with Crippen molar-refractivity contribution >= 4 is 34.2 Å². The topological polar surface area (TPSA) is 27.1 Å². The molecular formula is C13H13Cl2FN2O. The van der Waals surface area contributed by atoms with Gasteiger partial charge in [0, 0.05) is 25.0 Å². The summed E-state index contributed by atoms with van der Waals surface area (Å²) in [6.07, 6.45) is 1.55. The molecule has 0 radical (unpaired) electrons. The SMILES string of the molecule is Fc1cc2c(cc1Cl)nc(CCCl)n2C1CCOC1. The maximum atomic E-state index is 13.7. The molecule has 102 valence electrons. The molecule has 1 saturated heterocycles. The van der Waals surface area contributed by atoms with Gasteiger partial charge in [0.25, 0.3) is 0 Å². The predicted octanol–water partition coefficient (Wildman–Crippen LogP) is 3.57. The van der Waals surface area contributed by atoms with Crippen LogP contribution in [0.2, 0.25) is 5.02 Å². The van der Waals surface area contributed by atoms with Crippen LogP contribution >= 0.6 is 23.2 Å². The van der Waals surface area contributed by atoms with Crippen molar-refractivity contribution in [3.63, 3.8) is 0 Å². The van der Waals surface area contributed by atoms with E-state index in [9.17, 15) is 4.39 Å². The van der Waals surface area contributed by atoms with E-state index in [-0.39, 0.29) is 11.1 Å². The molecule has 3 nitrogen and oxygen atoms in total. The second-order valence-corrected chi connectivity index (χ2v) is 5.39. The summed E-state index contributed by atoms with van der Waals surface area (Å²) in [5.41, 5.74) is 1.47. The highest BCUT2D eigenvalue weighted by molar-refractivity contribution is 6.31. The quantitative estimate of drug-likeness (QED) is 0.811. The lowest BCUT2D eigenvalue weighted by atomic mass is 10.2. The van der Waals surface area contributed by atoms with Crippen LogP contribution in [0.15, 0.2) is 12.1 Å². The van der Waals surface area contributed by atoms with Gasteiger partial charge in [-0.25, -0.2) is 9.37 Å². The number of alkyl halides is 1. The Kier molecular flexibility index (Phi) is 3.65. The fourth-order valence-electron chi connectivity index (χ4n) is 2.53. The number of aryl methyl sites for hydroxylation is 1. The Morgan fingerprint density at radius 1 is 1.47 bits per heavy atom. The number of hydrogen-bond donors (Lipinski definition) is 0. The lowest BCUT2D eigenvalue weighted by Gasteiger charge is -2.14. The van der Waals surface area contributed by atoms with Gasteiger partial charge in [-0.2, -0.15) is 0 Å². The van der Waals surface area contributed by atoms with Crippen LogP contribution in [0.3, 0.4) is 0 Å². The van der Waals surface area contributed by atoms with E-state index in [2.05, 4.69) is 4.98 Å². The third kappa shape index (κ3) is 2.33. The van der Waals surface area contributed by atoms with Gasteiger partial charge in [-0.05, 0) is 12.5 Å². The van der Waals surface area contributed by atoms with Crippen LogP contribution in [-0.4, -0.2) is 28.6 Å². The molecule has 2 heterocycles. The Hall–Kier alpha value is -0.840. The first-order valence-electron chi connectivity index (χ1n) is 6.20. The molecule has 1 aromatic carbocycles. The summed E-state index contributed by atoms with van der Waals surface area (Å²) in [5, 5.41) is 0.0947. The molecule has 1 aliphatic heterocycles. The molecule has 0 saturated carbocycles. The highest BCUT2D eigenvalue weighted by Gasteiger charge is 2.23. The Morgan fingerprint density at radius 2 is 2.32 bits per heavy atom. The minimum absolute atomic E-state index is 0.0947. The zero-order valence-electron chi connectivity index (χ0n) is 10.2. The minimum atomic E-state index is -0.424. The smallest absolute Gasteiger partial charge is 0.144 e. The van der Waals surface area contributed by atoms with Gasteiger partial charge in [0.05, 0.1) is 28.7 Å². The maximum absolute atomic E-state index is 13.7. The average molecular weight is 303 g/mol. The first kappa shape index (κ1) is 13.2. The third-order valence-electron chi connectivity index (χ3n) is 3.39. The summed E-state index contributed by atoms with van der Waals surface area (Å²) < 4.78 is 21.1. The van der Waals surface area contributed by atoms with Crippen molar-refractivity contribution in [3.05, 3.63) is 28.8 Å². The molecule has 0 aliphatic carbocycles. The van der Waals surface area contributed by atoms with E-state index in [1.807, 2.05) is 4.57 Å². The Bertz CT molecular complexity index is 608. The summed E-state index contributed by atoms with van der Waals surface area (Å²) in [7, 11) is 0. The summed E-state index contributed by atoms with van der Waals surface area (Å²) in [6, 6.07) is 3.21. The summed E-state index contributed by atoms with van der Waals surface area (Å²) in [6.45, 7) is 1.35. The molecule has 1 aromatic heterocycles. The van der Waals surface area contributed by atoms with Crippen molar-refractivity contribution in [2.24, 2.45) is 0 Å². The zero-order chi connectivity index (χ0) is 13.4. The van der Waals surface area contributed by atoms with E-state index in [0.29, 0.717) is 24.4 Å². The number of imidazole rings is 1. The monoisotopic (exact) mass is 302 g/mol. The Balaban J connectivity index is 2.19. The van der Waals surface area contributed by atoms with E-state index >= 15 is 0 Å². The number of ether oxygens (including phenoxy) is 1. The van der Waals surface area contributed by atoms with Crippen molar-refractivity contribution in [1.82, 2.24) is 9.55 Å². The maximum Gasteiger partial charge on any atom is 0.144 e. The molecule has 1 fully saturated rings. The van der Waals surface area contributed by atoms with E-state index in [1.54, 1.807) is 6.07 Å². The first-order valence-corrected chi connectivity index (χ1v) is 7.11. The Labute approximate surface area is 120 Å². The molecular weight excluding hydrogens is 290 g/mol. The molecule has 2 aromatic rings. The van der Waals surface area contributed by atoms with E-state index in [0.717, 1.165) is 24.4 Å². The van der Waals surface area contributed by atoms with Crippen LogP contribution in [-0.2, 0) is 11.2 Å². The number of rotatable bonds is 3. The highest BCUT2D eigenvalue weighted by atomic mass is 35.5. The number of aromatic nitrogens is 2. The van der Waals surface area contributed by atoms with Crippen LogP contribution < -0.4 is 0 Å². The fourth-order valence-corrected chi connectivity index (χ4v) is 2.86. The first-order chi connectivity index (χ1) is 9.20. The Morgan fingerprint density at radius 3 is 3.00 bits per heavy atom. The fraction of sp³-hybridized carbons (Fsp3) is 0.462. The third-order valence-corrected chi connectivity index (χ3v) is 3.87. The summed E-state index contributed by atoms with van der Waals surface area (Å²) >= 11 is 11.6. The number of fused-ring (bicyclic) bond motifs is 1. The van der Waals surface area contributed by atoms with E-state index in [4.69, 9.17) is 27.9 Å². The van der Waals surface area contributed by atoms with Gasteiger partial charge in [0.15, 0.2) is 0 Å².